The number of hydrogen-bond donors (Lipinski definition) is 1. The molecular weight excluding hydrogens is 320 g/mol. The Kier molecular flexibility index (Phi) is 4.63. The molecule has 1 N–H and O–H groups in total. The summed E-state index contributed by atoms with van der Waals surface area (Å²) < 4.78 is 5.16. The van der Waals surface area contributed by atoms with Gasteiger partial charge in [0.2, 0.25) is 0 Å². The highest BCUT2D eigenvalue weighted by Gasteiger charge is 2.33. The van der Waals surface area contributed by atoms with Gasteiger partial charge in [-0.1, -0.05) is 24.3 Å². The van der Waals surface area contributed by atoms with E-state index >= 15 is 0 Å². The van der Waals surface area contributed by atoms with Gasteiger partial charge in [-0.15, -0.1) is 0 Å². The summed E-state index contributed by atoms with van der Waals surface area (Å²) in [7, 11) is 3.05. The van der Waals surface area contributed by atoms with Gasteiger partial charge in [0.15, 0.2) is 0 Å². The Balaban J connectivity index is 1.75. The van der Waals surface area contributed by atoms with Crippen molar-refractivity contribution in [3.05, 3.63) is 70.3 Å². The van der Waals surface area contributed by atoms with Crippen LogP contribution in [0.5, 0.6) is 0 Å². The molecule has 3 amide bonds. The van der Waals surface area contributed by atoms with Gasteiger partial charge in [-0.2, -0.15) is 0 Å². The van der Waals surface area contributed by atoms with E-state index in [1.807, 2.05) is 24.3 Å². The van der Waals surface area contributed by atoms with Crippen LogP contribution in [0.1, 0.15) is 42.2 Å². The first-order chi connectivity index (χ1) is 12.0. The Morgan fingerprint density at radius 2 is 1.72 bits per heavy atom. The number of hydrogen-bond acceptors (Lipinski definition) is 4. The second-order valence-corrected chi connectivity index (χ2v) is 5.81. The fraction of sp³-hybridized carbons (Fsp3) is 0.211. The molecule has 1 aliphatic heterocycles. The lowest BCUT2D eigenvalue weighted by Crippen LogP contribution is -2.24. The van der Waals surface area contributed by atoms with Crippen molar-refractivity contribution in [1.82, 2.24) is 10.2 Å². The zero-order valence-corrected chi connectivity index (χ0v) is 14.0. The number of nitrogens with one attached hydrogen (secondary N) is 1. The Hall–Kier alpha value is -2.99. The summed E-state index contributed by atoms with van der Waals surface area (Å²) in [5.74, 6) is -1.04. The van der Waals surface area contributed by atoms with Gasteiger partial charge in [0.1, 0.15) is 0 Å². The summed E-state index contributed by atoms with van der Waals surface area (Å²) in [6, 6.07) is 12.2. The molecule has 2 aromatic rings. The average Bonchev–Trinajstić information content (AvgIpc) is 2.85. The van der Waals surface area contributed by atoms with Crippen LogP contribution in [0.25, 0.3) is 0 Å². The zero-order valence-electron chi connectivity index (χ0n) is 14.0. The molecule has 2 aromatic carbocycles. The monoisotopic (exact) mass is 338 g/mol. The zero-order chi connectivity index (χ0) is 18.0. The fourth-order valence-electron chi connectivity index (χ4n) is 2.81. The molecule has 0 saturated heterocycles. The van der Waals surface area contributed by atoms with Crippen LogP contribution >= 0.6 is 0 Å². The summed E-state index contributed by atoms with van der Waals surface area (Å²) in [6.07, 6.45) is 0. The standard InChI is InChI=1S/C19H18N2O4/c1-21-18(23)15-8-7-12(9-16(15)19(21)24)17(22)20-10-13-5-3-4-6-14(13)11-25-2/h3-9H,10-11H2,1-2H3,(H,20,22). The number of imide groups is 1. The van der Waals surface area contributed by atoms with Gasteiger partial charge in [-0.3, -0.25) is 19.3 Å². The Bertz CT molecular complexity index is 860. The van der Waals surface area contributed by atoms with Crippen LogP contribution in [-0.2, 0) is 17.9 Å². The molecule has 0 bridgehead atoms. The Morgan fingerprint density at radius 3 is 2.44 bits per heavy atom. The molecule has 25 heavy (non-hydrogen) atoms. The molecule has 0 radical (unpaired) electrons. The van der Waals surface area contributed by atoms with E-state index in [1.54, 1.807) is 13.2 Å². The number of nitrogens with zero attached hydrogens (tertiary/aromatic N) is 1. The molecule has 6 heteroatoms. The molecule has 1 aliphatic rings. The van der Waals surface area contributed by atoms with E-state index in [1.165, 1.54) is 19.2 Å². The molecule has 1 heterocycles. The normalized spacial score (nSPS) is 13.1. The van der Waals surface area contributed by atoms with Gasteiger partial charge < -0.3 is 10.1 Å². The van der Waals surface area contributed by atoms with Crippen molar-refractivity contribution in [3.63, 3.8) is 0 Å². The maximum absolute atomic E-state index is 12.4. The van der Waals surface area contributed by atoms with Crippen LogP contribution in [0, 0.1) is 0 Å². The predicted octanol–water partition coefficient (Wildman–Crippen LogP) is 1.99. The van der Waals surface area contributed by atoms with Crippen molar-refractivity contribution >= 4 is 17.7 Å². The van der Waals surface area contributed by atoms with Crippen molar-refractivity contribution in [1.29, 1.82) is 0 Å². The first-order valence-electron chi connectivity index (χ1n) is 7.83. The van der Waals surface area contributed by atoms with Crippen LogP contribution in [-0.4, -0.2) is 36.8 Å². The van der Waals surface area contributed by atoms with Crippen LogP contribution in [0.2, 0.25) is 0 Å². The minimum absolute atomic E-state index is 0.264. The predicted molar refractivity (Wildman–Crippen MR) is 91.2 cm³/mol. The average molecular weight is 338 g/mol. The van der Waals surface area contributed by atoms with Crippen LogP contribution in [0.15, 0.2) is 42.5 Å². The summed E-state index contributed by atoms with van der Waals surface area (Å²) in [5, 5.41) is 2.84. The van der Waals surface area contributed by atoms with Crippen molar-refractivity contribution in [3.8, 4) is 0 Å². The van der Waals surface area contributed by atoms with Crippen LogP contribution in [0.3, 0.4) is 0 Å². The van der Waals surface area contributed by atoms with Gasteiger partial charge in [-0.05, 0) is 29.3 Å². The molecular formula is C19H18N2O4. The molecule has 0 fully saturated rings. The molecule has 128 valence electrons. The van der Waals surface area contributed by atoms with E-state index in [2.05, 4.69) is 5.32 Å². The van der Waals surface area contributed by atoms with Crippen molar-refractivity contribution in [2.45, 2.75) is 13.2 Å². The Morgan fingerprint density at radius 1 is 1.04 bits per heavy atom. The number of ether oxygens (including phenoxy) is 1. The topological polar surface area (TPSA) is 75.7 Å². The lowest BCUT2D eigenvalue weighted by molar-refractivity contribution is 0.0693. The van der Waals surface area contributed by atoms with E-state index in [0.717, 1.165) is 16.0 Å². The number of rotatable bonds is 5. The lowest BCUT2D eigenvalue weighted by atomic mass is 10.0. The Labute approximate surface area is 145 Å². The van der Waals surface area contributed by atoms with E-state index in [4.69, 9.17) is 4.74 Å². The molecule has 0 unspecified atom stereocenters. The first-order valence-corrected chi connectivity index (χ1v) is 7.83. The second kappa shape index (κ2) is 6.86. The summed E-state index contributed by atoms with van der Waals surface area (Å²) >= 11 is 0. The van der Waals surface area contributed by atoms with E-state index in [9.17, 15) is 14.4 Å². The minimum atomic E-state index is -0.389. The molecule has 0 spiro atoms. The van der Waals surface area contributed by atoms with Crippen LogP contribution < -0.4 is 5.32 Å². The maximum Gasteiger partial charge on any atom is 0.261 e. The summed E-state index contributed by atoms with van der Waals surface area (Å²) in [5.41, 5.74) is 2.90. The van der Waals surface area contributed by atoms with Gasteiger partial charge >= 0.3 is 0 Å². The minimum Gasteiger partial charge on any atom is -0.380 e. The highest BCUT2D eigenvalue weighted by atomic mass is 16.5. The van der Waals surface area contributed by atoms with Gasteiger partial charge in [0.25, 0.3) is 17.7 Å². The smallest absolute Gasteiger partial charge is 0.261 e. The van der Waals surface area contributed by atoms with Gasteiger partial charge in [0.05, 0.1) is 17.7 Å². The second-order valence-electron chi connectivity index (χ2n) is 5.81. The van der Waals surface area contributed by atoms with Crippen molar-refractivity contribution < 1.29 is 19.1 Å². The number of fused-ring (bicyclic) bond motifs is 1. The summed E-state index contributed by atoms with van der Waals surface area (Å²) in [6.45, 7) is 0.816. The third-order valence-corrected chi connectivity index (χ3v) is 4.21. The SMILES string of the molecule is COCc1ccccc1CNC(=O)c1ccc2c(c1)C(=O)N(C)C2=O. The highest BCUT2D eigenvalue weighted by molar-refractivity contribution is 6.21. The number of benzene rings is 2. The van der Waals surface area contributed by atoms with Crippen molar-refractivity contribution in [2.24, 2.45) is 0 Å². The lowest BCUT2D eigenvalue weighted by Gasteiger charge is -2.10. The fourth-order valence-corrected chi connectivity index (χ4v) is 2.81. The largest absolute Gasteiger partial charge is 0.380 e. The maximum atomic E-state index is 12.4. The molecule has 0 atom stereocenters. The molecule has 0 aromatic heterocycles. The number of methoxy groups -OCH3 is 1. The molecule has 0 saturated carbocycles. The molecule has 3 rings (SSSR count). The van der Waals surface area contributed by atoms with E-state index < -0.39 is 0 Å². The van der Waals surface area contributed by atoms with Crippen LogP contribution in [0.4, 0.5) is 0 Å². The number of carbonyl (C=O) groups is 3. The van der Waals surface area contributed by atoms with Gasteiger partial charge in [0, 0.05) is 26.3 Å². The molecule has 0 aliphatic carbocycles. The summed E-state index contributed by atoms with van der Waals surface area (Å²) in [4.78, 5) is 37.4. The number of amides is 3. The number of carbonyl (C=O) groups excluding carboxylic acids is 3. The van der Waals surface area contributed by atoms with Gasteiger partial charge in [-0.25, -0.2) is 0 Å². The third kappa shape index (κ3) is 3.16. The quantitative estimate of drug-likeness (QED) is 0.846. The highest BCUT2D eigenvalue weighted by Crippen LogP contribution is 2.22. The first kappa shape index (κ1) is 16.9. The third-order valence-electron chi connectivity index (χ3n) is 4.21. The van der Waals surface area contributed by atoms with E-state index in [0.29, 0.717) is 24.3 Å². The van der Waals surface area contributed by atoms with Crippen molar-refractivity contribution in [2.75, 3.05) is 14.2 Å². The van der Waals surface area contributed by atoms with E-state index in [-0.39, 0.29) is 23.3 Å². The molecule has 6 nitrogen and oxygen atoms in total.